The Labute approximate surface area is 202 Å². The number of para-hydroxylation sites is 2. The Kier molecular flexibility index (Phi) is 6.65. The Morgan fingerprint density at radius 1 is 1.06 bits per heavy atom. The molecule has 0 spiro atoms. The molecule has 1 aliphatic rings. The molecule has 1 saturated heterocycles. The Morgan fingerprint density at radius 3 is 2.69 bits per heavy atom. The van der Waals surface area contributed by atoms with Crippen molar-refractivity contribution in [3.63, 3.8) is 0 Å². The standard InChI is InChI=1S/C26H25N5O4/c1-18-22(30-35-29-18)17-33-23-12-6-5-11-21(23)26(32)31-15-7-8-19(16-31)24-25(28-14-13-27-24)34-20-9-3-2-4-10-20/h2-6,9-14,19H,7-8,15-17H2,1H3/t19-/m0/s1. The van der Waals surface area contributed by atoms with Crippen LogP contribution < -0.4 is 9.47 Å². The minimum absolute atomic E-state index is 0.0112. The van der Waals surface area contributed by atoms with Crippen LogP contribution in [0.3, 0.4) is 0 Å². The number of amides is 1. The Morgan fingerprint density at radius 2 is 1.86 bits per heavy atom. The number of ether oxygens (including phenoxy) is 2. The zero-order chi connectivity index (χ0) is 24.0. The molecule has 4 aromatic rings. The van der Waals surface area contributed by atoms with E-state index < -0.39 is 0 Å². The molecule has 1 fully saturated rings. The van der Waals surface area contributed by atoms with Crippen LogP contribution in [-0.4, -0.2) is 44.2 Å². The molecule has 35 heavy (non-hydrogen) atoms. The van der Waals surface area contributed by atoms with Crippen LogP contribution in [0.4, 0.5) is 0 Å². The number of rotatable bonds is 7. The van der Waals surface area contributed by atoms with Crippen LogP contribution in [0, 0.1) is 6.92 Å². The molecule has 0 unspecified atom stereocenters. The summed E-state index contributed by atoms with van der Waals surface area (Å²) >= 11 is 0. The van der Waals surface area contributed by atoms with Crippen LogP contribution in [0.15, 0.2) is 71.6 Å². The van der Waals surface area contributed by atoms with Gasteiger partial charge in [-0.05, 0) is 44.0 Å². The zero-order valence-electron chi connectivity index (χ0n) is 19.3. The largest absolute Gasteiger partial charge is 0.486 e. The molecular weight excluding hydrogens is 446 g/mol. The highest BCUT2D eigenvalue weighted by molar-refractivity contribution is 5.97. The third kappa shape index (κ3) is 5.13. The van der Waals surface area contributed by atoms with Gasteiger partial charge < -0.3 is 14.4 Å². The molecule has 2 aromatic carbocycles. The summed E-state index contributed by atoms with van der Waals surface area (Å²) in [4.78, 5) is 24.4. The average molecular weight is 472 g/mol. The number of carbonyl (C=O) groups excluding carboxylic acids is 1. The number of likely N-dealkylation sites (tertiary alicyclic amines) is 1. The van der Waals surface area contributed by atoms with Crippen LogP contribution in [0.5, 0.6) is 17.4 Å². The third-order valence-electron chi connectivity index (χ3n) is 5.97. The first-order valence-corrected chi connectivity index (χ1v) is 11.5. The molecule has 0 N–H and O–H groups in total. The maximum absolute atomic E-state index is 13.5. The molecule has 9 heteroatoms. The number of aromatic nitrogens is 4. The van der Waals surface area contributed by atoms with Gasteiger partial charge in [0, 0.05) is 31.4 Å². The van der Waals surface area contributed by atoms with E-state index in [-0.39, 0.29) is 18.4 Å². The second kappa shape index (κ2) is 10.3. The summed E-state index contributed by atoms with van der Waals surface area (Å²) < 4.78 is 16.7. The van der Waals surface area contributed by atoms with Gasteiger partial charge in [0.15, 0.2) is 0 Å². The van der Waals surface area contributed by atoms with Crippen molar-refractivity contribution in [1.29, 1.82) is 0 Å². The molecule has 5 rings (SSSR count). The normalized spacial score (nSPS) is 15.6. The van der Waals surface area contributed by atoms with Crippen molar-refractivity contribution in [1.82, 2.24) is 25.2 Å². The van der Waals surface area contributed by atoms with Gasteiger partial charge in [0.2, 0.25) is 5.88 Å². The van der Waals surface area contributed by atoms with Gasteiger partial charge in [-0.1, -0.05) is 40.6 Å². The minimum atomic E-state index is -0.0882. The Hall–Kier alpha value is -4.27. The van der Waals surface area contributed by atoms with E-state index in [9.17, 15) is 4.79 Å². The summed E-state index contributed by atoms with van der Waals surface area (Å²) in [6, 6.07) is 16.7. The lowest BCUT2D eigenvalue weighted by Gasteiger charge is -2.33. The summed E-state index contributed by atoms with van der Waals surface area (Å²) in [6.45, 7) is 3.14. The van der Waals surface area contributed by atoms with Crippen molar-refractivity contribution >= 4 is 5.91 Å². The first-order chi connectivity index (χ1) is 17.2. The third-order valence-corrected chi connectivity index (χ3v) is 5.97. The van der Waals surface area contributed by atoms with Gasteiger partial charge in [0.25, 0.3) is 5.91 Å². The molecule has 0 bridgehead atoms. The highest BCUT2D eigenvalue weighted by Gasteiger charge is 2.30. The fraction of sp³-hybridized carbons (Fsp3) is 0.269. The summed E-state index contributed by atoms with van der Waals surface area (Å²) in [5, 5.41) is 7.61. The molecule has 0 radical (unpaired) electrons. The lowest BCUT2D eigenvalue weighted by Crippen LogP contribution is -2.39. The SMILES string of the molecule is Cc1nonc1COc1ccccc1C(=O)N1CCC[C@H](c2nccnc2Oc2ccccc2)C1. The summed E-state index contributed by atoms with van der Waals surface area (Å²) in [5.41, 5.74) is 2.51. The van der Waals surface area contributed by atoms with E-state index in [1.54, 1.807) is 31.5 Å². The predicted molar refractivity (Wildman–Crippen MR) is 126 cm³/mol. The first kappa shape index (κ1) is 22.5. The molecule has 0 saturated carbocycles. The van der Waals surface area contributed by atoms with E-state index in [2.05, 4.69) is 20.3 Å². The predicted octanol–water partition coefficient (Wildman–Crippen LogP) is 4.56. The summed E-state index contributed by atoms with van der Waals surface area (Å²) in [5.74, 6) is 1.58. The fourth-order valence-corrected chi connectivity index (χ4v) is 4.15. The quantitative estimate of drug-likeness (QED) is 0.386. The van der Waals surface area contributed by atoms with Gasteiger partial charge in [-0.3, -0.25) is 9.78 Å². The number of hydrogen-bond donors (Lipinski definition) is 0. The van der Waals surface area contributed by atoms with Crippen molar-refractivity contribution in [3.8, 4) is 17.4 Å². The molecule has 1 atom stereocenters. The minimum Gasteiger partial charge on any atom is -0.486 e. The lowest BCUT2D eigenvalue weighted by atomic mass is 9.94. The maximum Gasteiger partial charge on any atom is 0.257 e. The first-order valence-electron chi connectivity index (χ1n) is 11.5. The number of benzene rings is 2. The Balaban J connectivity index is 1.32. The number of hydrogen-bond acceptors (Lipinski definition) is 8. The molecule has 9 nitrogen and oxygen atoms in total. The summed E-state index contributed by atoms with van der Waals surface area (Å²) in [6.07, 6.45) is 5.03. The second-order valence-electron chi connectivity index (χ2n) is 8.33. The van der Waals surface area contributed by atoms with Crippen LogP contribution in [0.1, 0.15) is 46.2 Å². The van der Waals surface area contributed by atoms with E-state index in [0.29, 0.717) is 47.4 Å². The van der Waals surface area contributed by atoms with Crippen molar-refractivity contribution in [3.05, 3.63) is 89.6 Å². The fourth-order valence-electron chi connectivity index (χ4n) is 4.15. The van der Waals surface area contributed by atoms with Crippen molar-refractivity contribution in [2.75, 3.05) is 13.1 Å². The van der Waals surface area contributed by atoms with Gasteiger partial charge in [-0.15, -0.1) is 0 Å². The molecule has 2 aromatic heterocycles. The van der Waals surface area contributed by atoms with E-state index in [4.69, 9.17) is 14.1 Å². The van der Waals surface area contributed by atoms with Crippen molar-refractivity contribution in [2.24, 2.45) is 0 Å². The molecule has 0 aliphatic carbocycles. The van der Waals surface area contributed by atoms with Crippen LogP contribution in [0.25, 0.3) is 0 Å². The molecule has 3 heterocycles. The number of nitrogens with zero attached hydrogens (tertiary/aromatic N) is 5. The molecule has 1 amide bonds. The Bertz CT molecular complexity index is 1290. The highest BCUT2D eigenvalue weighted by Crippen LogP contribution is 2.33. The van der Waals surface area contributed by atoms with Crippen molar-refractivity contribution < 1.29 is 18.9 Å². The van der Waals surface area contributed by atoms with E-state index in [1.807, 2.05) is 47.4 Å². The zero-order valence-corrected chi connectivity index (χ0v) is 19.3. The smallest absolute Gasteiger partial charge is 0.257 e. The number of carbonyl (C=O) groups is 1. The monoisotopic (exact) mass is 471 g/mol. The van der Waals surface area contributed by atoms with Crippen LogP contribution in [-0.2, 0) is 6.61 Å². The van der Waals surface area contributed by atoms with Gasteiger partial charge in [0.05, 0.1) is 5.56 Å². The van der Waals surface area contributed by atoms with Gasteiger partial charge in [0.1, 0.15) is 35.2 Å². The number of piperidine rings is 1. The lowest BCUT2D eigenvalue weighted by molar-refractivity contribution is 0.0699. The van der Waals surface area contributed by atoms with Gasteiger partial charge >= 0.3 is 0 Å². The van der Waals surface area contributed by atoms with E-state index in [1.165, 1.54) is 0 Å². The highest BCUT2D eigenvalue weighted by atomic mass is 16.6. The van der Waals surface area contributed by atoms with Crippen molar-refractivity contribution in [2.45, 2.75) is 32.3 Å². The molecule has 178 valence electrons. The van der Waals surface area contributed by atoms with E-state index in [0.717, 1.165) is 18.5 Å². The summed E-state index contributed by atoms with van der Waals surface area (Å²) in [7, 11) is 0. The van der Waals surface area contributed by atoms with E-state index >= 15 is 0 Å². The van der Waals surface area contributed by atoms with Gasteiger partial charge in [-0.25, -0.2) is 9.61 Å². The average Bonchev–Trinajstić information content (AvgIpc) is 3.32. The maximum atomic E-state index is 13.5. The molecule has 1 aliphatic heterocycles. The topological polar surface area (TPSA) is 103 Å². The number of aryl methyl sites for hydroxylation is 1. The van der Waals surface area contributed by atoms with Crippen LogP contribution >= 0.6 is 0 Å². The second-order valence-corrected chi connectivity index (χ2v) is 8.33. The van der Waals surface area contributed by atoms with Gasteiger partial charge in [-0.2, -0.15) is 0 Å². The van der Waals surface area contributed by atoms with Crippen LogP contribution in [0.2, 0.25) is 0 Å². The molecular formula is C26H25N5O4.